The zero-order chi connectivity index (χ0) is 9.72. The van der Waals surface area contributed by atoms with Crippen LogP contribution in [0.3, 0.4) is 0 Å². The van der Waals surface area contributed by atoms with Gasteiger partial charge in [-0.05, 0) is 6.92 Å². The zero-order valence-corrected chi connectivity index (χ0v) is 9.78. The molecule has 0 fully saturated rings. The Morgan fingerprint density at radius 3 is 2.15 bits per heavy atom. The molecule has 0 bridgehead atoms. The molecule has 0 saturated heterocycles. The van der Waals surface area contributed by atoms with E-state index in [1.54, 1.807) is 20.8 Å². The quantitative estimate of drug-likeness (QED) is 0.484. The Hall–Kier alpha value is -0.0897. The number of hydrogen-bond donors (Lipinski definition) is 1. The van der Waals surface area contributed by atoms with Crippen molar-refractivity contribution in [2.24, 2.45) is 5.92 Å². The van der Waals surface area contributed by atoms with Gasteiger partial charge in [-0.1, -0.05) is 13.8 Å². The fraction of sp³-hybridized carbons (Fsp3) is 0.667. The van der Waals surface area contributed by atoms with Crippen LogP contribution >= 0.6 is 0 Å². The van der Waals surface area contributed by atoms with E-state index in [-0.39, 0.29) is 39.8 Å². The molecule has 0 heterocycles. The second-order valence-electron chi connectivity index (χ2n) is 3.00. The van der Waals surface area contributed by atoms with Gasteiger partial charge in [0.25, 0.3) is 0 Å². The SMILES string of the molecule is COC(C)/C(O)=C/C(=O)C(C)C.[Ag]. The Bertz CT molecular complexity index is 187. The van der Waals surface area contributed by atoms with Gasteiger partial charge in [0.05, 0.1) is 0 Å². The molecule has 0 rings (SSSR count). The van der Waals surface area contributed by atoms with E-state index < -0.39 is 6.10 Å². The minimum absolute atomic E-state index is 0. The average molecular weight is 280 g/mol. The Morgan fingerprint density at radius 1 is 1.38 bits per heavy atom. The first-order valence-electron chi connectivity index (χ1n) is 3.96. The van der Waals surface area contributed by atoms with Crippen LogP contribution in [0.15, 0.2) is 11.8 Å². The summed E-state index contributed by atoms with van der Waals surface area (Å²) < 4.78 is 4.82. The minimum Gasteiger partial charge on any atom is -0.509 e. The predicted octanol–water partition coefficient (Wildman–Crippen LogP) is 1.69. The number of carbonyl (C=O) groups excluding carboxylic acids is 1. The topological polar surface area (TPSA) is 46.5 Å². The summed E-state index contributed by atoms with van der Waals surface area (Å²) in [5.41, 5.74) is 0. The van der Waals surface area contributed by atoms with Gasteiger partial charge in [0, 0.05) is 41.5 Å². The minimum atomic E-state index is -0.410. The van der Waals surface area contributed by atoms with E-state index in [0.29, 0.717) is 0 Å². The third-order valence-electron chi connectivity index (χ3n) is 1.63. The number of ketones is 1. The molecule has 0 aliphatic carbocycles. The van der Waals surface area contributed by atoms with Crippen LogP contribution in [0.2, 0.25) is 0 Å². The summed E-state index contributed by atoms with van der Waals surface area (Å²) in [6.45, 7) is 5.24. The molecule has 0 aromatic rings. The van der Waals surface area contributed by atoms with E-state index in [4.69, 9.17) is 4.74 Å². The van der Waals surface area contributed by atoms with Gasteiger partial charge in [0.2, 0.25) is 0 Å². The first kappa shape index (κ1) is 15.4. The smallest absolute Gasteiger partial charge is 0.161 e. The second kappa shape index (κ2) is 7.33. The molecule has 0 amide bonds. The van der Waals surface area contributed by atoms with Gasteiger partial charge in [-0.3, -0.25) is 4.79 Å². The number of ether oxygens (including phenoxy) is 1. The van der Waals surface area contributed by atoms with Crippen molar-refractivity contribution in [2.45, 2.75) is 26.9 Å². The third kappa shape index (κ3) is 6.05. The van der Waals surface area contributed by atoms with Gasteiger partial charge in [0.1, 0.15) is 11.9 Å². The van der Waals surface area contributed by atoms with E-state index in [1.807, 2.05) is 0 Å². The van der Waals surface area contributed by atoms with E-state index in [0.717, 1.165) is 0 Å². The van der Waals surface area contributed by atoms with Crippen LogP contribution in [-0.4, -0.2) is 24.1 Å². The van der Waals surface area contributed by atoms with Crippen LogP contribution in [-0.2, 0) is 31.9 Å². The van der Waals surface area contributed by atoms with E-state index in [2.05, 4.69) is 0 Å². The van der Waals surface area contributed by atoms with Crippen molar-refractivity contribution in [3.8, 4) is 0 Å². The molecule has 81 valence electrons. The molecule has 1 atom stereocenters. The fourth-order valence-corrected chi connectivity index (χ4v) is 0.551. The molecule has 1 unspecified atom stereocenters. The molecular formula is C9H16AgO3. The van der Waals surface area contributed by atoms with Crippen LogP contribution in [0, 0.1) is 5.92 Å². The molecule has 0 saturated carbocycles. The number of rotatable bonds is 4. The second-order valence-corrected chi connectivity index (χ2v) is 3.00. The fourth-order valence-electron chi connectivity index (χ4n) is 0.551. The number of methoxy groups -OCH3 is 1. The number of aliphatic hydroxyl groups is 1. The van der Waals surface area contributed by atoms with Crippen LogP contribution in [0.1, 0.15) is 20.8 Å². The monoisotopic (exact) mass is 279 g/mol. The normalized spacial score (nSPS) is 13.8. The maximum atomic E-state index is 11.1. The number of aliphatic hydroxyl groups excluding tert-OH is 1. The summed E-state index contributed by atoms with van der Waals surface area (Å²) in [6.07, 6.45) is 0.812. The van der Waals surface area contributed by atoms with Gasteiger partial charge >= 0.3 is 0 Å². The van der Waals surface area contributed by atoms with Crippen LogP contribution in [0.4, 0.5) is 0 Å². The van der Waals surface area contributed by atoms with Crippen molar-refractivity contribution < 1.29 is 37.0 Å². The summed E-state index contributed by atoms with van der Waals surface area (Å²) >= 11 is 0. The van der Waals surface area contributed by atoms with Crippen LogP contribution in [0.25, 0.3) is 0 Å². The van der Waals surface area contributed by atoms with Crippen molar-refractivity contribution in [1.29, 1.82) is 0 Å². The van der Waals surface area contributed by atoms with E-state index in [1.165, 1.54) is 13.2 Å². The van der Waals surface area contributed by atoms with Gasteiger partial charge < -0.3 is 9.84 Å². The van der Waals surface area contributed by atoms with Crippen molar-refractivity contribution >= 4 is 5.78 Å². The Kier molecular flexibility index (Phi) is 8.67. The van der Waals surface area contributed by atoms with Crippen molar-refractivity contribution in [3.63, 3.8) is 0 Å². The summed E-state index contributed by atoms with van der Waals surface area (Å²) in [4.78, 5) is 11.1. The molecule has 1 N–H and O–H groups in total. The molecule has 13 heavy (non-hydrogen) atoms. The molecule has 0 aromatic heterocycles. The largest absolute Gasteiger partial charge is 0.509 e. The van der Waals surface area contributed by atoms with Crippen LogP contribution < -0.4 is 0 Å². The Balaban J connectivity index is 0. The average Bonchev–Trinajstić information content (AvgIpc) is 2.02. The van der Waals surface area contributed by atoms with Gasteiger partial charge in [-0.2, -0.15) is 0 Å². The van der Waals surface area contributed by atoms with Crippen LogP contribution in [0.5, 0.6) is 0 Å². The van der Waals surface area contributed by atoms with E-state index >= 15 is 0 Å². The molecule has 1 radical (unpaired) electrons. The Morgan fingerprint density at radius 2 is 1.85 bits per heavy atom. The number of allylic oxidation sites excluding steroid dienone is 1. The van der Waals surface area contributed by atoms with Gasteiger partial charge in [-0.25, -0.2) is 0 Å². The molecule has 0 aromatic carbocycles. The van der Waals surface area contributed by atoms with Crippen molar-refractivity contribution in [2.75, 3.05) is 7.11 Å². The molecule has 0 aliphatic heterocycles. The maximum Gasteiger partial charge on any atom is 0.161 e. The first-order valence-corrected chi connectivity index (χ1v) is 3.96. The predicted molar refractivity (Wildman–Crippen MR) is 47.0 cm³/mol. The summed E-state index contributed by atoms with van der Waals surface area (Å²) in [6, 6.07) is 0. The Labute approximate surface area is 94.7 Å². The van der Waals surface area contributed by atoms with Crippen molar-refractivity contribution in [1.82, 2.24) is 0 Å². The number of carbonyl (C=O) groups is 1. The standard InChI is InChI=1S/C9H16O3.Ag/c1-6(2)8(10)5-9(11)7(3)12-4;/h5-7,11H,1-4H3;/b9-5-;. The third-order valence-corrected chi connectivity index (χ3v) is 1.63. The molecule has 3 nitrogen and oxygen atoms in total. The van der Waals surface area contributed by atoms with Crippen molar-refractivity contribution in [3.05, 3.63) is 11.8 Å². The first-order chi connectivity index (χ1) is 5.49. The zero-order valence-electron chi connectivity index (χ0n) is 8.30. The van der Waals surface area contributed by atoms with Gasteiger partial charge in [-0.15, -0.1) is 0 Å². The summed E-state index contributed by atoms with van der Waals surface area (Å²) in [7, 11) is 1.48. The van der Waals surface area contributed by atoms with Gasteiger partial charge in [0.15, 0.2) is 5.78 Å². The van der Waals surface area contributed by atoms with E-state index in [9.17, 15) is 9.90 Å². The summed E-state index contributed by atoms with van der Waals surface area (Å²) in [5.74, 6) is -0.191. The molecule has 0 aliphatic rings. The number of hydrogen-bond acceptors (Lipinski definition) is 3. The molecular weight excluding hydrogens is 264 g/mol. The molecule has 4 heteroatoms. The maximum absolute atomic E-state index is 11.1. The molecule has 0 spiro atoms. The summed E-state index contributed by atoms with van der Waals surface area (Å²) in [5, 5.41) is 9.25.